The Kier molecular flexibility index (Phi) is 6.12. The van der Waals surface area contributed by atoms with Gasteiger partial charge in [0.15, 0.2) is 0 Å². The number of hydrogen-bond acceptors (Lipinski definition) is 5. The molecule has 1 atom stereocenters. The van der Waals surface area contributed by atoms with Gasteiger partial charge in [-0.25, -0.2) is 0 Å². The molecule has 1 aliphatic rings. The highest BCUT2D eigenvalue weighted by molar-refractivity contribution is 7.15. The van der Waals surface area contributed by atoms with Gasteiger partial charge in [-0.2, -0.15) is 0 Å². The second kappa shape index (κ2) is 7.88. The van der Waals surface area contributed by atoms with E-state index in [-0.39, 0.29) is 23.0 Å². The van der Waals surface area contributed by atoms with Crippen LogP contribution in [0.4, 0.5) is 5.69 Å². The zero-order valence-corrected chi connectivity index (χ0v) is 14.5. The van der Waals surface area contributed by atoms with Gasteiger partial charge in [-0.15, -0.1) is 23.7 Å². The van der Waals surface area contributed by atoms with E-state index in [0.29, 0.717) is 11.6 Å². The number of nitro benzene ring substituents is 1. The molecule has 2 aromatic rings. The van der Waals surface area contributed by atoms with Crippen LogP contribution in [0.2, 0.25) is 0 Å². The predicted molar refractivity (Wildman–Crippen MR) is 96.4 cm³/mol. The highest BCUT2D eigenvalue weighted by Gasteiger charge is 2.18. The van der Waals surface area contributed by atoms with Crippen molar-refractivity contribution in [3.63, 3.8) is 0 Å². The van der Waals surface area contributed by atoms with Crippen LogP contribution in [0.3, 0.4) is 0 Å². The van der Waals surface area contributed by atoms with Crippen molar-refractivity contribution in [3.8, 4) is 10.4 Å². The second-order valence-electron chi connectivity index (χ2n) is 5.63. The molecule has 0 saturated carbocycles. The van der Waals surface area contributed by atoms with Gasteiger partial charge >= 0.3 is 0 Å². The van der Waals surface area contributed by atoms with Gasteiger partial charge in [0, 0.05) is 48.0 Å². The van der Waals surface area contributed by atoms with Crippen LogP contribution in [0, 0.1) is 10.1 Å². The number of halogens is 1. The molecule has 3 rings (SSSR count). The average molecular weight is 354 g/mol. The van der Waals surface area contributed by atoms with Crippen LogP contribution in [-0.4, -0.2) is 35.5 Å². The largest absolute Gasteiger partial charge is 0.312 e. The minimum absolute atomic E-state index is 0. The van der Waals surface area contributed by atoms with Crippen molar-refractivity contribution in [1.82, 2.24) is 10.2 Å². The van der Waals surface area contributed by atoms with E-state index >= 15 is 0 Å². The van der Waals surface area contributed by atoms with E-state index in [1.165, 1.54) is 4.88 Å². The average Bonchev–Trinajstić information content (AvgIpc) is 2.95. The molecule has 1 saturated heterocycles. The number of nitrogens with zero attached hydrogens (tertiary/aromatic N) is 2. The lowest BCUT2D eigenvalue weighted by Crippen LogP contribution is -2.48. The summed E-state index contributed by atoms with van der Waals surface area (Å²) < 4.78 is 0. The van der Waals surface area contributed by atoms with Crippen LogP contribution < -0.4 is 5.32 Å². The number of benzene rings is 1. The van der Waals surface area contributed by atoms with Gasteiger partial charge in [-0.3, -0.25) is 15.0 Å². The molecule has 124 valence electrons. The van der Waals surface area contributed by atoms with Gasteiger partial charge in [0.05, 0.1) is 10.5 Å². The predicted octanol–water partition coefficient (Wildman–Crippen LogP) is 3.54. The van der Waals surface area contributed by atoms with E-state index in [2.05, 4.69) is 23.2 Å². The highest BCUT2D eigenvalue weighted by Crippen LogP contribution is 2.35. The van der Waals surface area contributed by atoms with Crippen LogP contribution in [0.15, 0.2) is 36.4 Å². The first-order valence-electron chi connectivity index (χ1n) is 7.42. The topological polar surface area (TPSA) is 58.4 Å². The zero-order chi connectivity index (χ0) is 15.5. The first-order valence-corrected chi connectivity index (χ1v) is 8.23. The Labute approximate surface area is 145 Å². The third-order valence-electron chi connectivity index (χ3n) is 3.86. The quantitative estimate of drug-likeness (QED) is 0.674. The first kappa shape index (κ1) is 17.9. The number of thiophene rings is 1. The van der Waals surface area contributed by atoms with E-state index in [9.17, 15) is 10.1 Å². The van der Waals surface area contributed by atoms with Gasteiger partial charge in [-0.05, 0) is 25.1 Å². The maximum Gasteiger partial charge on any atom is 0.278 e. The summed E-state index contributed by atoms with van der Waals surface area (Å²) in [5.41, 5.74) is 0.879. The van der Waals surface area contributed by atoms with Gasteiger partial charge < -0.3 is 5.32 Å². The van der Waals surface area contributed by atoms with Crippen LogP contribution in [0.5, 0.6) is 0 Å². The molecule has 1 aliphatic heterocycles. The molecule has 5 nitrogen and oxygen atoms in total. The van der Waals surface area contributed by atoms with E-state index in [4.69, 9.17) is 0 Å². The van der Waals surface area contributed by atoms with Crippen molar-refractivity contribution < 1.29 is 4.92 Å². The van der Waals surface area contributed by atoms with Crippen molar-refractivity contribution >= 4 is 29.4 Å². The minimum Gasteiger partial charge on any atom is -0.312 e. The molecule has 0 bridgehead atoms. The SMILES string of the molecule is C[C@@H]1CN(Cc2ccc(-c3ccccc3[N+](=O)[O-])s2)CCN1.Cl. The molecule has 1 N–H and O–H groups in total. The monoisotopic (exact) mass is 353 g/mol. The minimum atomic E-state index is -0.313. The lowest BCUT2D eigenvalue weighted by atomic mass is 10.1. The first-order chi connectivity index (χ1) is 10.6. The molecule has 0 unspecified atom stereocenters. The van der Waals surface area contributed by atoms with Crippen LogP contribution in [0.1, 0.15) is 11.8 Å². The normalized spacial score (nSPS) is 18.4. The van der Waals surface area contributed by atoms with E-state index in [0.717, 1.165) is 31.1 Å². The van der Waals surface area contributed by atoms with Crippen molar-refractivity contribution in [3.05, 3.63) is 51.4 Å². The van der Waals surface area contributed by atoms with Gasteiger partial charge in [0.1, 0.15) is 0 Å². The lowest BCUT2D eigenvalue weighted by Gasteiger charge is -2.31. The maximum atomic E-state index is 11.1. The fourth-order valence-electron chi connectivity index (χ4n) is 2.83. The molecule has 1 aromatic carbocycles. The number of nitro groups is 1. The summed E-state index contributed by atoms with van der Waals surface area (Å²) in [6.45, 7) is 6.21. The Bertz CT molecular complexity index is 677. The number of nitrogens with one attached hydrogen (secondary N) is 1. The Morgan fingerprint density at radius 1 is 1.35 bits per heavy atom. The summed E-state index contributed by atoms with van der Waals surface area (Å²) in [7, 11) is 0. The number of rotatable bonds is 4. The molecular weight excluding hydrogens is 334 g/mol. The molecule has 2 heterocycles. The highest BCUT2D eigenvalue weighted by atomic mass is 35.5. The van der Waals surface area contributed by atoms with Gasteiger partial charge in [0.2, 0.25) is 0 Å². The van der Waals surface area contributed by atoms with Crippen molar-refractivity contribution in [2.75, 3.05) is 19.6 Å². The summed E-state index contributed by atoms with van der Waals surface area (Å²) in [6.07, 6.45) is 0. The summed E-state index contributed by atoms with van der Waals surface area (Å²) in [6, 6.07) is 11.5. The van der Waals surface area contributed by atoms with Crippen molar-refractivity contribution in [1.29, 1.82) is 0 Å². The van der Waals surface area contributed by atoms with Crippen LogP contribution in [-0.2, 0) is 6.54 Å². The molecule has 23 heavy (non-hydrogen) atoms. The molecule has 0 radical (unpaired) electrons. The van der Waals surface area contributed by atoms with Crippen LogP contribution in [0.25, 0.3) is 10.4 Å². The smallest absolute Gasteiger partial charge is 0.278 e. The standard InChI is InChI=1S/C16H19N3O2S.ClH/c1-12-10-18(9-8-17-12)11-13-6-7-16(22-13)14-4-2-3-5-15(14)19(20)21;/h2-7,12,17H,8-11H2,1H3;1H/t12-;/m1./s1. The Morgan fingerprint density at radius 2 is 2.13 bits per heavy atom. The third kappa shape index (κ3) is 4.29. The van der Waals surface area contributed by atoms with E-state index < -0.39 is 0 Å². The fraction of sp³-hybridized carbons (Fsp3) is 0.375. The number of hydrogen-bond donors (Lipinski definition) is 1. The Hall–Kier alpha value is -1.47. The van der Waals surface area contributed by atoms with Gasteiger partial charge in [0.25, 0.3) is 5.69 Å². The molecule has 1 fully saturated rings. The number of piperazine rings is 1. The molecule has 0 spiro atoms. The van der Waals surface area contributed by atoms with Crippen LogP contribution >= 0.6 is 23.7 Å². The molecule has 1 aromatic heterocycles. The fourth-order valence-corrected chi connectivity index (χ4v) is 3.91. The van der Waals surface area contributed by atoms with Crippen molar-refractivity contribution in [2.24, 2.45) is 0 Å². The molecule has 0 amide bonds. The van der Waals surface area contributed by atoms with Crippen molar-refractivity contribution in [2.45, 2.75) is 19.5 Å². The Morgan fingerprint density at radius 3 is 2.87 bits per heavy atom. The summed E-state index contributed by atoms with van der Waals surface area (Å²) in [5.74, 6) is 0. The summed E-state index contributed by atoms with van der Waals surface area (Å²) in [4.78, 5) is 15.5. The number of para-hydroxylation sites is 1. The maximum absolute atomic E-state index is 11.1. The van der Waals surface area contributed by atoms with E-state index in [1.54, 1.807) is 23.5 Å². The van der Waals surface area contributed by atoms with Gasteiger partial charge in [-0.1, -0.05) is 12.1 Å². The summed E-state index contributed by atoms with van der Waals surface area (Å²) in [5, 5.41) is 14.6. The Balaban J connectivity index is 0.00000192. The van der Waals surface area contributed by atoms with E-state index in [1.807, 2.05) is 18.2 Å². The zero-order valence-electron chi connectivity index (χ0n) is 12.9. The lowest BCUT2D eigenvalue weighted by molar-refractivity contribution is -0.384. The third-order valence-corrected chi connectivity index (χ3v) is 4.96. The molecule has 0 aliphatic carbocycles. The molecule has 7 heteroatoms. The molecular formula is C16H20ClN3O2S. The second-order valence-corrected chi connectivity index (χ2v) is 6.80. The summed E-state index contributed by atoms with van der Waals surface area (Å²) >= 11 is 1.65.